The highest BCUT2D eigenvalue weighted by atomic mass is 15.2. The molecule has 2 heteroatoms. The van der Waals surface area contributed by atoms with E-state index >= 15 is 0 Å². The third-order valence-corrected chi connectivity index (χ3v) is 4.82. The molecule has 0 bridgehead atoms. The maximum absolute atomic E-state index is 3.58. The number of benzene rings is 1. The maximum atomic E-state index is 3.58. The molecule has 0 amide bonds. The molecule has 1 aromatic carbocycles. The summed E-state index contributed by atoms with van der Waals surface area (Å²) in [6, 6.07) is 6.98. The van der Waals surface area contributed by atoms with E-state index in [9.17, 15) is 0 Å². The molecular weight excluding hydrogens is 208 g/mol. The standard InChI is InChI=1S/C15H20N2/c1-3-11-4-2-8-17-10-12-6-7-16-9-14(12)13(5-1)15(11)17/h1,3,5,12,14,16H,2,4,6-10H2/t12-,14-/m1/s1. The summed E-state index contributed by atoms with van der Waals surface area (Å²) in [7, 11) is 0. The molecule has 2 nitrogen and oxygen atoms in total. The van der Waals surface area contributed by atoms with Crippen LogP contribution in [-0.4, -0.2) is 26.2 Å². The molecule has 90 valence electrons. The van der Waals surface area contributed by atoms with Gasteiger partial charge in [-0.2, -0.15) is 0 Å². The van der Waals surface area contributed by atoms with E-state index in [4.69, 9.17) is 0 Å². The summed E-state index contributed by atoms with van der Waals surface area (Å²) in [5, 5.41) is 3.58. The van der Waals surface area contributed by atoms with Crippen LogP contribution in [0.2, 0.25) is 0 Å². The Morgan fingerprint density at radius 1 is 1.29 bits per heavy atom. The van der Waals surface area contributed by atoms with Gasteiger partial charge in [0.2, 0.25) is 0 Å². The summed E-state index contributed by atoms with van der Waals surface area (Å²) >= 11 is 0. The fraction of sp³-hybridized carbons (Fsp3) is 0.600. The Bertz CT molecular complexity index is 441. The Morgan fingerprint density at radius 2 is 2.29 bits per heavy atom. The van der Waals surface area contributed by atoms with E-state index in [1.54, 1.807) is 16.8 Å². The van der Waals surface area contributed by atoms with Crippen molar-refractivity contribution in [2.24, 2.45) is 5.92 Å². The summed E-state index contributed by atoms with van der Waals surface area (Å²) < 4.78 is 0. The van der Waals surface area contributed by atoms with E-state index in [-0.39, 0.29) is 0 Å². The van der Waals surface area contributed by atoms with Gasteiger partial charge in [-0.15, -0.1) is 0 Å². The number of nitrogens with zero attached hydrogens (tertiary/aromatic N) is 1. The van der Waals surface area contributed by atoms with Gasteiger partial charge in [0.15, 0.2) is 0 Å². The van der Waals surface area contributed by atoms with Crippen molar-refractivity contribution in [3.05, 3.63) is 29.3 Å². The largest absolute Gasteiger partial charge is 0.371 e. The minimum atomic E-state index is 0.771. The predicted octanol–water partition coefficient (Wildman–Crippen LogP) is 2.15. The van der Waals surface area contributed by atoms with Crippen molar-refractivity contribution in [1.82, 2.24) is 5.32 Å². The molecule has 1 fully saturated rings. The first-order valence-electron chi connectivity index (χ1n) is 7.01. The number of piperidine rings is 1. The highest BCUT2D eigenvalue weighted by molar-refractivity contribution is 5.64. The zero-order chi connectivity index (χ0) is 11.2. The summed E-state index contributed by atoms with van der Waals surface area (Å²) in [5.74, 6) is 1.66. The molecular formula is C15H20N2. The quantitative estimate of drug-likeness (QED) is 0.732. The molecule has 3 heterocycles. The first-order valence-corrected chi connectivity index (χ1v) is 7.01. The molecule has 0 spiro atoms. The van der Waals surface area contributed by atoms with Crippen LogP contribution >= 0.6 is 0 Å². The first kappa shape index (κ1) is 9.95. The summed E-state index contributed by atoms with van der Waals surface area (Å²) in [4.78, 5) is 2.67. The van der Waals surface area contributed by atoms with Crippen molar-refractivity contribution in [3.63, 3.8) is 0 Å². The number of anilines is 1. The van der Waals surface area contributed by atoms with Crippen LogP contribution < -0.4 is 10.2 Å². The number of aryl methyl sites for hydroxylation is 1. The first-order chi connectivity index (χ1) is 8.43. The second kappa shape index (κ2) is 3.74. The van der Waals surface area contributed by atoms with E-state index in [1.807, 2.05) is 0 Å². The molecule has 2 atom stereocenters. The number of hydrogen-bond donors (Lipinski definition) is 1. The second-order valence-corrected chi connectivity index (χ2v) is 5.76. The maximum Gasteiger partial charge on any atom is 0.0434 e. The molecule has 1 aromatic rings. The topological polar surface area (TPSA) is 15.3 Å². The normalized spacial score (nSPS) is 30.7. The van der Waals surface area contributed by atoms with Crippen molar-refractivity contribution in [1.29, 1.82) is 0 Å². The van der Waals surface area contributed by atoms with E-state index in [1.165, 1.54) is 45.4 Å². The summed E-state index contributed by atoms with van der Waals surface area (Å²) in [6.45, 7) is 4.98. The third kappa shape index (κ3) is 1.43. The van der Waals surface area contributed by atoms with Crippen LogP contribution in [0.5, 0.6) is 0 Å². The van der Waals surface area contributed by atoms with Crippen molar-refractivity contribution in [2.45, 2.75) is 25.2 Å². The second-order valence-electron chi connectivity index (χ2n) is 5.76. The lowest BCUT2D eigenvalue weighted by Crippen LogP contribution is -2.47. The van der Waals surface area contributed by atoms with Crippen LogP contribution in [-0.2, 0) is 6.42 Å². The zero-order valence-corrected chi connectivity index (χ0v) is 10.3. The molecule has 0 unspecified atom stereocenters. The lowest BCUT2D eigenvalue weighted by atomic mass is 9.75. The number of hydrogen-bond acceptors (Lipinski definition) is 2. The lowest BCUT2D eigenvalue weighted by molar-refractivity contribution is 0.309. The van der Waals surface area contributed by atoms with Gasteiger partial charge in [-0.25, -0.2) is 0 Å². The zero-order valence-electron chi connectivity index (χ0n) is 10.3. The number of fused-ring (bicyclic) bond motifs is 2. The van der Waals surface area contributed by atoms with Gasteiger partial charge in [0.25, 0.3) is 0 Å². The van der Waals surface area contributed by atoms with Crippen molar-refractivity contribution in [2.75, 3.05) is 31.1 Å². The van der Waals surface area contributed by atoms with Crippen LogP contribution in [0, 0.1) is 5.92 Å². The Morgan fingerprint density at radius 3 is 3.29 bits per heavy atom. The molecule has 17 heavy (non-hydrogen) atoms. The predicted molar refractivity (Wildman–Crippen MR) is 70.7 cm³/mol. The van der Waals surface area contributed by atoms with Gasteiger partial charge in [-0.1, -0.05) is 18.2 Å². The van der Waals surface area contributed by atoms with E-state index in [0.717, 1.165) is 11.8 Å². The number of nitrogens with one attached hydrogen (secondary N) is 1. The van der Waals surface area contributed by atoms with Crippen LogP contribution in [0.1, 0.15) is 29.9 Å². The number of para-hydroxylation sites is 1. The molecule has 0 aromatic heterocycles. The van der Waals surface area contributed by atoms with Gasteiger partial charge < -0.3 is 10.2 Å². The molecule has 3 aliphatic rings. The fourth-order valence-electron chi connectivity index (χ4n) is 4.03. The van der Waals surface area contributed by atoms with Crippen LogP contribution in [0.3, 0.4) is 0 Å². The molecule has 0 aliphatic carbocycles. The van der Waals surface area contributed by atoms with Crippen LogP contribution in [0.15, 0.2) is 18.2 Å². The van der Waals surface area contributed by atoms with Crippen molar-refractivity contribution in [3.8, 4) is 0 Å². The Labute approximate surface area is 103 Å². The summed E-state index contributed by atoms with van der Waals surface area (Å²) in [6.07, 6.45) is 3.97. The van der Waals surface area contributed by atoms with Crippen molar-refractivity contribution >= 4 is 5.69 Å². The highest BCUT2D eigenvalue weighted by Crippen LogP contribution is 2.44. The Kier molecular flexibility index (Phi) is 2.19. The molecule has 0 radical (unpaired) electrons. The highest BCUT2D eigenvalue weighted by Gasteiger charge is 2.36. The van der Waals surface area contributed by atoms with E-state index in [2.05, 4.69) is 28.4 Å². The van der Waals surface area contributed by atoms with E-state index in [0.29, 0.717) is 0 Å². The fourth-order valence-corrected chi connectivity index (χ4v) is 4.03. The van der Waals surface area contributed by atoms with Gasteiger partial charge in [0, 0.05) is 31.2 Å². The number of rotatable bonds is 0. The third-order valence-electron chi connectivity index (χ3n) is 4.82. The molecule has 1 N–H and O–H groups in total. The van der Waals surface area contributed by atoms with Crippen LogP contribution in [0.4, 0.5) is 5.69 Å². The molecule has 4 rings (SSSR count). The minimum Gasteiger partial charge on any atom is -0.371 e. The average Bonchev–Trinajstić information content (AvgIpc) is 2.39. The van der Waals surface area contributed by atoms with Gasteiger partial charge in [0.05, 0.1) is 0 Å². The van der Waals surface area contributed by atoms with Gasteiger partial charge in [-0.3, -0.25) is 0 Å². The Balaban J connectivity index is 1.85. The van der Waals surface area contributed by atoms with Gasteiger partial charge in [-0.05, 0) is 42.9 Å². The smallest absolute Gasteiger partial charge is 0.0434 e. The van der Waals surface area contributed by atoms with E-state index < -0.39 is 0 Å². The lowest BCUT2D eigenvalue weighted by Gasteiger charge is -2.46. The van der Waals surface area contributed by atoms with Gasteiger partial charge in [0.1, 0.15) is 0 Å². The SMILES string of the molecule is c1cc2c3c(c1)[C@@H]1CNCC[C@@H]1CN3CCC2. The summed E-state index contributed by atoms with van der Waals surface area (Å²) in [5.41, 5.74) is 4.83. The minimum absolute atomic E-state index is 0.771. The molecule has 1 saturated heterocycles. The monoisotopic (exact) mass is 228 g/mol. The molecule has 0 saturated carbocycles. The van der Waals surface area contributed by atoms with Crippen LogP contribution in [0.25, 0.3) is 0 Å². The van der Waals surface area contributed by atoms with Crippen molar-refractivity contribution < 1.29 is 0 Å². The van der Waals surface area contributed by atoms with Gasteiger partial charge >= 0.3 is 0 Å². The molecule has 3 aliphatic heterocycles. The Hall–Kier alpha value is -1.02. The average molecular weight is 228 g/mol.